The van der Waals surface area contributed by atoms with E-state index in [0.717, 1.165) is 5.39 Å². The van der Waals surface area contributed by atoms with Gasteiger partial charge in [0.05, 0.1) is 23.9 Å². The Morgan fingerprint density at radius 3 is 2.54 bits per heavy atom. The largest absolute Gasteiger partial charge is 0.490 e. The molecule has 1 aromatic carbocycles. The Morgan fingerprint density at radius 1 is 1.08 bits per heavy atom. The number of carboxylic acid groups (broad SMARTS) is 1. The first-order chi connectivity index (χ1) is 17.4. The van der Waals surface area contributed by atoms with Crippen molar-refractivity contribution in [3.63, 3.8) is 0 Å². The summed E-state index contributed by atoms with van der Waals surface area (Å²) in [7, 11) is 0. The van der Waals surface area contributed by atoms with Crippen molar-refractivity contribution in [2.24, 2.45) is 0 Å². The molecule has 4 aromatic rings. The smallest absolute Gasteiger partial charge is 0.475 e. The number of carbonyl (C=O) groups is 2. The van der Waals surface area contributed by atoms with Crippen LogP contribution in [0.3, 0.4) is 0 Å². The van der Waals surface area contributed by atoms with E-state index in [-0.39, 0.29) is 24.7 Å². The van der Waals surface area contributed by atoms with E-state index in [1.165, 1.54) is 11.2 Å². The number of hydrogen-bond acceptors (Lipinski definition) is 6. The molecule has 9 nitrogen and oxygen atoms in total. The Morgan fingerprint density at radius 2 is 1.81 bits per heavy atom. The van der Waals surface area contributed by atoms with E-state index in [9.17, 15) is 26.7 Å². The number of piperidine rings is 1. The molecule has 5 rings (SSSR count). The van der Waals surface area contributed by atoms with Crippen LogP contribution in [0.1, 0.15) is 16.9 Å². The van der Waals surface area contributed by atoms with Crippen molar-refractivity contribution in [3.05, 3.63) is 60.6 Å². The molecule has 0 bridgehead atoms. The van der Waals surface area contributed by atoms with Gasteiger partial charge in [0, 0.05) is 24.4 Å². The monoisotopic (exact) mass is 523 g/mol. The molecule has 0 spiro atoms. The van der Waals surface area contributed by atoms with E-state index in [2.05, 4.69) is 19.9 Å². The molecule has 1 atom stereocenters. The van der Waals surface area contributed by atoms with E-state index in [4.69, 9.17) is 14.6 Å². The SMILES string of the molecule is O=C(O)C(F)(F)F.O=C(c1ccc2[nH]cnc2n1)N1CCC(F)(F)[C@@H](Oc2ccc3ccccc3n2)C1. The Hall–Kier alpha value is -4.36. The number of nitrogens with one attached hydrogen (secondary N) is 1. The van der Waals surface area contributed by atoms with E-state index >= 15 is 0 Å². The molecule has 1 fully saturated rings. The number of aliphatic carboxylic acids is 1. The number of hydrogen-bond donors (Lipinski definition) is 2. The first-order valence-electron chi connectivity index (χ1n) is 10.7. The van der Waals surface area contributed by atoms with Gasteiger partial charge >= 0.3 is 12.1 Å². The number of carboxylic acids is 1. The number of alkyl halides is 5. The number of aromatic nitrogens is 4. The number of aromatic amines is 1. The third-order valence-electron chi connectivity index (χ3n) is 5.44. The summed E-state index contributed by atoms with van der Waals surface area (Å²) in [5.74, 6) is -6.17. The van der Waals surface area contributed by atoms with Gasteiger partial charge in [-0.05, 0) is 24.3 Å². The number of carbonyl (C=O) groups excluding carboxylic acids is 1. The number of imidazole rings is 1. The molecule has 3 aromatic heterocycles. The summed E-state index contributed by atoms with van der Waals surface area (Å²) in [6.45, 7) is -0.349. The maximum atomic E-state index is 14.6. The summed E-state index contributed by atoms with van der Waals surface area (Å²) in [6, 6.07) is 13.9. The van der Waals surface area contributed by atoms with Crippen LogP contribution in [0.15, 0.2) is 54.9 Å². The molecule has 4 heterocycles. The second-order valence-corrected chi connectivity index (χ2v) is 7.98. The molecule has 14 heteroatoms. The van der Waals surface area contributed by atoms with Crippen molar-refractivity contribution in [2.75, 3.05) is 13.1 Å². The summed E-state index contributed by atoms with van der Waals surface area (Å²) in [4.78, 5) is 38.5. The van der Waals surface area contributed by atoms with Gasteiger partial charge in [-0.1, -0.05) is 18.2 Å². The van der Waals surface area contributed by atoms with Gasteiger partial charge < -0.3 is 19.7 Å². The minimum Gasteiger partial charge on any atom is -0.475 e. The maximum absolute atomic E-state index is 14.6. The highest BCUT2D eigenvalue weighted by Crippen LogP contribution is 2.32. The molecule has 37 heavy (non-hydrogen) atoms. The number of halogens is 5. The topological polar surface area (TPSA) is 121 Å². The van der Waals surface area contributed by atoms with Crippen LogP contribution in [0.4, 0.5) is 22.0 Å². The fraction of sp³-hybridized carbons (Fsp3) is 0.261. The zero-order valence-corrected chi connectivity index (χ0v) is 18.7. The Labute approximate surface area is 204 Å². The minimum absolute atomic E-state index is 0.0862. The fourth-order valence-electron chi connectivity index (χ4n) is 3.54. The van der Waals surface area contributed by atoms with Gasteiger partial charge in [0.15, 0.2) is 11.8 Å². The van der Waals surface area contributed by atoms with Crippen LogP contribution in [-0.2, 0) is 4.79 Å². The second-order valence-electron chi connectivity index (χ2n) is 7.98. The van der Waals surface area contributed by atoms with Crippen LogP contribution in [-0.4, -0.2) is 73.1 Å². The van der Waals surface area contributed by atoms with Crippen molar-refractivity contribution >= 4 is 33.9 Å². The number of nitrogens with zero attached hydrogens (tertiary/aromatic N) is 4. The van der Waals surface area contributed by atoms with E-state index in [1.54, 1.807) is 30.3 Å². The van der Waals surface area contributed by atoms with Crippen LogP contribution >= 0.6 is 0 Å². The zero-order chi connectivity index (χ0) is 26.8. The van der Waals surface area contributed by atoms with Gasteiger partial charge in [0.1, 0.15) is 5.69 Å². The van der Waals surface area contributed by atoms with Gasteiger partial charge in [-0.25, -0.2) is 28.5 Å². The number of benzene rings is 1. The highest BCUT2D eigenvalue weighted by Gasteiger charge is 2.47. The van der Waals surface area contributed by atoms with Crippen LogP contribution in [0.25, 0.3) is 22.1 Å². The van der Waals surface area contributed by atoms with E-state index < -0.39 is 36.5 Å². The average molecular weight is 523 g/mol. The lowest BCUT2D eigenvalue weighted by Gasteiger charge is -2.37. The average Bonchev–Trinajstić information content (AvgIpc) is 3.32. The van der Waals surface area contributed by atoms with Crippen molar-refractivity contribution in [1.82, 2.24) is 24.8 Å². The molecule has 0 saturated carbocycles. The normalized spacial score (nSPS) is 17.2. The number of likely N-dealkylation sites (tertiary alicyclic amines) is 1. The standard InChI is InChI=1S/C21H17F2N5O2.C2HF3O2/c22-21(23)9-10-28(20(29)16-7-6-15-19(27-16)25-12-24-15)11-17(21)30-18-8-5-13-3-1-2-4-14(13)26-18;3-2(4,5)1(6)7/h1-8,12,17H,9-11H2,(H,24,25,27);(H,6,7)/t17-;/m0./s1. The number of rotatable bonds is 3. The van der Waals surface area contributed by atoms with Crippen LogP contribution in [0.2, 0.25) is 0 Å². The first kappa shape index (κ1) is 25.7. The lowest BCUT2D eigenvalue weighted by molar-refractivity contribution is -0.192. The molecule has 0 unspecified atom stereocenters. The predicted molar refractivity (Wildman–Crippen MR) is 119 cm³/mol. The first-order valence-corrected chi connectivity index (χ1v) is 10.7. The van der Waals surface area contributed by atoms with E-state index in [1.807, 2.05) is 18.2 Å². The molecule has 2 N–H and O–H groups in total. The Kier molecular flexibility index (Phi) is 6.92. The number of ether oxygens (including phenoxy) is 1. The van der Waals surface area contributed by atoms with Crippen molar-refractivity contribution < 1.29 is 41.4 Å². The van der Waals surface area contributed by atoms with Crippen LogP contribution in [0, 0.1) is 0 Å². The third kappa shape index (κ3) is 5.90. The highest BCUT2D eigenvalue weighted by atomic mass is 19.4. The zero-order valence-electron chi connectivity index (χ0n) is 18.7. The summed E-state index contributed by atoms with van der Waals surface area (Å²) in [6.07, 6.45) is -5.60. The highest BCUT2D eigenvalue weighted by molar-refractivity contribution is 5.94. The van der Waals surface area contributed by atoms with Gasteiger partial charge in [-0.3, -0.25) is 4.79 Å². The summed E-state index contributed by atoms with van der Waals surface area (Å²) >= 11 is 0. The lowest BCUT2D eigenvalue weighted by Crippen LogP contribution is -2.55. The van der Waals surface area contributed by atoms with E-state index in [0.29, 0.717) is 16.7 Å². The second kappa shape index (κ2) is 9.95. The fourth-order valence-corrected chi connectivity index (χ4v) is 3.54. The van der Waals surface area contributed by atoms with Crippen molar-refractivity contribution in [2.45, 2.75) is 24.6 Å². The van der Waals surface area contributed by atoms with Crippen LogP contribution in [0.5, 0.6) is 5.88 Å². The molecule has 1 aliphatic heterocycles. The van der Waals surface area contributed by atoms with Gasteiger partial charge in [-0.15, -0.1) is 0 Å². The van der Waals surface area contributed by atoms with Gasteiger partial charge in [-0.2, -0.15) is 13.2 Å². The molecule has 1 aliphatic rings. The maximum Gasteiger partial charge on any atom is 0.490 e. The molecule has 194 valence electrons. The van der Waals surface area contributed by atoms with Crippen LogP contribution < -0.4 is 4.74 Å². The lowest BCUT2D eigenvalue weighted by atomic mass is 10.0. The number of pyridine rings is 2. The molecule has 1 saturated heterocycles. The molecule has 0 aliphatic carbocycles. The van der Waals surface area contributed by atoms with Gasteiger partial charge in [0.25, 0.3) is 11.8 Å². The van der Waals surface area contributed by atoms with Crippen molar-refractivity contribution in [1.29, 1.82) is 0 Å². The number of fused-ring (bicyclic) bond motifs is 2. The summed E-state index contributed by atoms with van der Waals surface area (Å²) < 4.78 is 66.4. The van der Waals surface area contributed by atoms with Crippen molar-refractivity contribution in [3.8, 4) is 5.88 Å². The summed E-state index contributed by atoms with van der Waals surface area (Å²) in [5, 5.41) is 8.01. The number of H-pyrrole nitrogens is 1. The Balaban J connectivity index is 0.000000405. The minimum atomic E-state index is -5.08. The molecule has 0 radical (unpaired) electrons. The molecular formula is C23H18F5N5O4. The third-order valence-corrected chi connectivity index (χ3v) is 5.44. The van der Waals surface area contributed by atoms with Gasteiger partial charge in [0.2, 0.25) is 5.88 Å². The number of amides is 1. The number of para-hydroxylation sites is 1. The molecule has 1 amide bonds. The molecular weight excluding hydrogens is 505 g/mol. The Bertz CT molecular complexity index is 1440. The predicted octanol–water partition coefficient (Wildman–Crippen LogP) is 4.07. The summed E-state index contributed by atoms with van der Waals surface area (Å²) in [5.41, 5.74) is 1.90. The quantitative estimate of drug-likeness (QED) is 0.389.